The van der Waals surface area contributed by atoms with Crippen molar-refractivity contribution in [2.24, 2.45) is 0 Å². The van der Waals surface area contributed by atoms with Gasteiger partial charge in [0.25, 0.3) is 5.91 Å². The predicted molar refractivity (Wildman–Crippen MR) is 87.9 cm³/mol. The molecule has 1 aromatic heterocycles. The lowest BCUT2D eigenvalue weighted by Gasteiger charge is -2.28. The summed E-state index contributed by atoms with van der Waals surface area (Å²) in [6, 6.07) is -0.151. The highest BCUT2D eigenvalue weighted by Crippen LogP contribution is 2.21. The first-order valence-corrected chi connectivity index (χ1v) is 8.80. The number of rotatable bonds is 5. The Kier molecular flexibility index (Phi) is 6.24. The lowest BCUT2D eigenvalue weighted by molar-refractivity contribution is -0.145. The molecule has 132 valence electrons. The summed E-state index contributed by atoms with van der Waals surface area (Å²) in [5.41, 5.74) is 0.710. The van der Waals surface area contributed by atoms with Gasteiger partial charge in [0.2, 0.25) is 5.91 Å². The molecule has 1 saturated heterocycles. The van der Waals surface area contributed by atoms with E-state index < -0.39 is 5.97 Å². The van der Waals surface area contributed by atoms with Crippen molar-refractivity contribution >= 4 is 29.3 Å². The Morgan fingerprint density at radius 2 is 2.08 bits per heavy atom. The molecule has 1 N–H and O–H groups in total. The van der Waals surface area contributed by atoms with Crippen LogP contribution in [0.1, 0.15) is 48.5 Å². The van der Waals surface area contributed by atoms with Crippen LogP contribution in [0, 0.1) is 0 Å². The van der Waals surface area contributed by atoms with Crippen molar-refractivity contribution in [1.82, 2.24) is 19.4 Å². The molecule has 2 amide bonds. The van der Waals surface area contributed by atoms with Gasteiger partial charge in [-0.2, -0.15) is 0 Å². The number of aryl methyl sites for hydroxylation is 1. The van der Waals surface area contributed by atoms with Crippen LogP contribution >= 0.6 is 11.5 Å². The summed E-state index contributed by atoms with van der Waals surface area (Å²) in [6.07, 6.45) is 2.66. The van der Waals surface area contributed by atoms with E-state index in [1.807, 2.05) is 6.92 Å². The molecular formula is C15H22N4O4S. The van der Waals surface area contributed by atoms with E-state index in [0.29, 0.717) is 42.9 Å². The summed E-state index contributed by atoms with van der Waals surface area (Å²) in [5.74, 6) is -1.34. The maximum absolute atomic E-state index is 12.7. The van der Waals surface area contributed by atoms with E-state index >= 15 is 0 Å². The van der Waals surface area contributed by atoms with Crippen LogP contribution in [0.2, 0.25) is 0 Å². The number of carboxylic acids is 1. The molecule has 0 spiro atoms. The summed E-state index contributed by atoms with van der Waals surface area (Å²) in [5, 5.41) is 13.0. The standard InChI is InChI=1S/C15H22N4O4S/c1-3-12-14(24-17-16-12)15(23)18-7-4-5-11(6-8-18)19(10(2)20)9-13(21)22/h11H,3-9H2,1-2H3,(H,21,22). The van der Waals surface area contributed by atoms with Crippen molar-refractivity contribution in [3.05, 3.63) is 10.6 Å². The first kappa shape index (κ1) is 18.3. The summed E-state index contributed by atoms with van der Waals surface area (Å²) in [4.78, 5) is 39.1. The van der Waals surface area contributed by atoms with Crippen LogP contribution in [0.25, 0.3) is 0 Å². The van der Waals surface area contributed by atoms with Crippen LogP contribution < -0.4 is 0 Å². The fraction of sp³-hybridized carbons (Fsp3) is 0.667. The van der Waals surface area contributed by atoms with Gasteiger partial charge in [0, 0.05) is 26.1 Å². The third-order valence-electron chi connectivity index (χ3n) is 4.22. The molecule has 0 bridgehead atoms. The number of carbonyl (C=O) groups excluding carboxylic acids is 2. The van der Waals surface area contributed by atoms with Crippen molar-refractivity contribution in [3.63, 3.8) is 0 Å². The highest BCUT2D eigenvalue weighted by Gasteiger charge is 2.29. The average Bonchev–Trinajstić information content (AvgIpc) is 2.88. The van der Waals surface area contributed by atoms with Crippen molar-refractivity contribution < 1.29 is 19.5 Å². The number of likely N-dealkylation sites (tertiary alicyclic amines) is 1. The lowest BCUT2D eigenvalue weighted by Crippen LogP contribution is -2.43. The van der Waals surface area contributed by atoms with E-state index in [0.717, 1.165) is 18.0 Å². The number of carbonyl (C=O) groups is 3. The quantitative estimate of drug-likeness (QED) is 0.847. The van der Waals surface area contributed by atoms with E-state index in [2.05, 4.69) is 9.59 Å². The molecule has 1 aliphatic heterocycles. The SMILES string of the molecule is CCc1nnsc1C(=O)N1CCCC(N(CC(=O)O)C(C)=O)CC1. The van der Waals surface area contributed by atoms with Gasteiger partial charge in [0.1, 0.15) is 11.4 Å². The summed E-state index contributed by atoms with van der Waals surface area (Å²) in [6.45, 7) is 4.10. The molecule has 2 rings (SSSR count). The van der Waals surface area contributed by atoms with Crippen LogP contribution in [0.4, 0.5) is 0 Å². The minimum atomic E-state index is -1.02. The second-order valence-corrected chi connectivity index (χ2v) is 6.57. The van der Waals surface area contributed by atoms with E-state index in [9.17, 15) is 14.4 Å². The Hall–Kier alpha value is -2.03. The molecule has 0 aromatic carbocycles. The smallest absolute Gasteiger partial charge is 0.323 e. The van der Waals surface area contributed by atoms with Gasteiger partial charge < -0.3 is 14.9 Å². The molecule has 0 aliphatic carbocycles. The van der Waals surface area contributed by atoms with Crippen molar-refractivity contribution in [2.45, 2.75) is 45.6 Å². The molecule has 8 nitrogen and oxygen atoms in total. The normalized spacial score (nSPS) is 18.1. The summed E-state index contributed by atoms with van der Waals surface area (Å²) in [7, 11) is 0. The monoisotopic (exact) mass is 354 g/mol. The minimum absolute atomic E-state index is 0.0740. The van der Waals surface area contributed by atoms with Crippen LogP contribution in [-0.4, -0.2) is 68.0 Å². The van der Waals surface area contributed by atoms with Gasteiger partial charge in [0.15, 0.2) is 0 Å². The third-order valence-corrected chi connectivity index (χ3v) is 4.98. The fourth-order valence-electron chi connectivity index (χ4n) is 2.98. The third kappa shape index (κ3) is 4.28. The van der Waals surface area contributed by atoms with Gasteiger partial charge in [-0.15, -0.1) is 5.10 Å². The van der Waals surface area contributed by atoms with E-state index in [1.165, 1.54) is 11.8 Å². The van der Waals surface area contributed by atoms with Gasteiger partial charge in [-0.3, -0.25) is 14.4 Å². The number of carboxylic acid groups (broad SMARTS) is 1. The molecule has 1 unspecified atom stereocenters. The molecule has 1 aliphatic rings. The maximum Gasteiger partial charge on any atom is 0.323 e. The van der Waals surface area contributed by atoms with Gasteiger partial charge >= 0.3 is 5.97 Å². The van der Waals surface area contributed by atoms with Crippen molar-refractivity contribution in [1.29, 1.82) is 0 Å². The van der Waals surface area contributed by atoms with Crippen LogP contribution in [0.5, 0.6) is 0 Å². The van der Waals surface area contributed by atoms with Crippen molar-refractivity contribution in [3.8, 4) is 0 Å². The molecule has 1 fully saturated rings. The molecule has 9 heteroatoms. The molecular weight excluding hydrogens is 332 g/mol. The van der Waals surface area contributed by atoms with Gasteiger partial charge in [-0.05, 0) is 37.2 Å². The minimum Gasteiger partial charge on any atom is -0.480 e. The Labute approximate surface area is 144 Å². The Morgan fingerprint density at radius 1 is 1.33 bits per heavy atom. The highest BCUT2D eigenvalue weighted by atomic mass is 32.1. The summed E-state index contributed by atoms with van der Waals surface area (Å²) < 4.78 is 3.86. The topological polar surface area (TPSA) is 104 Å². The number of aromatic nitrogens is 2. The Balaban J connectivity index is 2.05. The molecule has 24 heavy (non-hydrogen) atoms. The van der Waals surface area contributed by atoms with Gasteiger partial charge in [-0.25, -0.2) is 0 Å². The first-order chi connectivity index (χ1) is 11.4. The van der Waals surface area contributed by atoms with E-state index in [-0.39, 0.29) is 24.4 Å². The average molecular weight is 354 g/mol. The zero-order chi connectivity index (χ0) is 17.7. The fourth-order valence-corrected chi connectivity index (χ4v) is 3.70. The molecule has 1 aromatic rings. The predicted octanol–water partition coefficient (Wildman–Crippen LogP) is 1.03. The van der Waals surface area contributed by atoms with Crippen LogP contribution in [0.15, 0.2) is 0 Å². The number of amides is 2. The van der Waals surface area contributed by atoms with Crippen LogP contribution in [-0.2, 0) is 16.0 Å². The maximum atomic E-state index is 12.7. The summed E-state index contributed by atoms with van der Waals surface area (Å²) >= 11 is 1.11. The second kappa shape index (κ2) is 8.18. The highest BCUT2D eigenvalue weighted by molar-refractivity contribution is 7.08. The molecule has 1 atom stereocenters. The van der Waals surface area contributed by atoms with E-state index in [4.69, 9.17) is 5.11 Å². The second-order valence-electron chi connectivity index (χ2n) is 5.82. The largest absolute Gasteiger partial charge is 0.480 e. The number of nitrogens with zero attached hydrogens (tertiary/aromatic N) is 4. The molecule has 0 radical (unpaired) electrons. The van der Waals surface area contributed by atoms with Gasteiger partial charge in [0.05, 0.1) is 5.69 Å². The Bertz CT molecular complexity index is 618. The number of hydrogen-bond acceptors (Lipinski definition) is 6. The van der Waals surface area contributed by atoms with Crippen molar-refractivity contribution in [2.75, 3.05) is 19.6 Å². The van der Waals surface area contributed by atoms with Gasteiger partial charge in [-0.1, -0.05) is 11.4 Å². The first-order valence-electron chi connectivity index (χ1n) is 8.03. The number of hydrogen-bond donors (Lipinski definition) is 1. The van der Waals surface area contributed by atoms with E-state index in [1.54, 1.807) is 4.90 Å². The Morgan fingerprint density at radius 3 is 2.71 bits per heavy atom. The number of aliphatic carboxylic acids is 1. The zero-order valence-corrected chi connectivity index (χ0v) is 14.7. The molecule has 2 heterocycles. The molecule has 0 saturated carbocycles. The van der Waals surface area contributed by atoms with Crippen LogP contribution in [0.3, 0.4) is 0 Å². The lowest BCUT2D eigenvalue weighted by atomic mass is 10.1. The zero-order valence-electron chi connectivity index (χ0n) is 13.9.